The Bertz CT molecular complexity index is 766. The molecule has 100 valence electrons. The number of aryl methyl sites for hydroxylation is 1. The third kappa shape index (κ3) is 2.58. The van der Waals surface area contributed by atoms with Crippen LogP contribution < -0.4 is 0 Å². The smallest absolute Gasteiger partial charge is 0.191 e. The van der Waals surface area contributed by atoms with Crippen LogP contribution in [0.4, 0.5) is 0 Å². The summed E-state index contributed by atoms with van der Waals surface area (Å²) in [5.41, 5.74) is 0.735. The Labute approximate surface area is 120 Å². The monoisotopic (exact) mass is 283 g/mol. The largest absolute Gasteiger partial charge is 0.312 e. The number of thioether (sulfide) groups is 1. The molecule has 1 heterocycles. The quantitative estimate of drug-likeness (QED) is 0.545. The highest BCUT2D eigenvalue weighted by atomic mass is 32.2. The highest BCUT2D eigenvalue weighted by Crippen LogP contribution is 2.19. The van der Waals surface area contributed by atoms with Crippen molar-refractivity contribution in [3.63, 3.8) is 0 Å². The van der Waals surface area contributed by atoms with Crippen molar-refractivity contribution >= 4 is 28.3 Å². The van der Waals surface area contributed by atoms with Gasteiger partial charge in [0.15, 0.2) is 10.9 Å². The molecule has 20 heavy (non-hydrogen) atoms. The number of hydrogen-bond donors (Lipinski definition) is 0. The van der Waals surface area contributed by atoms with Gasteiger partial charge in [0.2, 0.25) is 0 Å². The Morgan fingerprint density at radius 1 is 1.20 bits per heavy atom. The van der Waals surface area contributed by atoms with Gasteiger partial charge >= 0.3 is 0 Å². The van der Waals surface area contributed by atoms with Gasteiger partial charge in [-0.1, -0.05) is 48.2 Å². The predicted octanol–water partition coefficient (Wildman–Crippen LogP) is 2.94. The summed E-state index contributed by atoms with van der Waals surface area (Å²) in [7, 11) is 1.86. The Balaban J connectivity index is 1.77. The van der Waals surface area contributed by atoms with E-state index in [1.54, 1.807) is 10.9 Å². The molecule has 0 bridgehead atoms. The van der Waals surface area contributed by atoms with E-state index < -0.39 is 0 Å². The van der Waals surface area contributed by atoms with Gasteiger partial charge in [-0.25, -0.2) is 0 Å². The molecule has 0 aliphatic rings. The van der Waals surface area contributed by atoms with Crippen molar-refractivity contribution < 1.29 is 4.79 Å². The van der Waals surface area contributed by atoms with E-state index in [1.165, 1.54) is 11.8 Å². The third-order valence-electron chi connectivity index (χ3n) is 3.07. The normalized spacial score (nSPS) is 10.8. The summed E-state index contributed by atoms with van der Waals surface area (Å²) >= 11 is 1.40. The van der Waals surface area contributed by atoms with Crippen LogP contribution in [-0.4, -0.2) is 26.3 Å². The van der Waals surface area contributed by atoms with Crippen molar-refractivity contribution in [2.45, 2.75) is 5.16 Å². The maximum Gasteiger partial charge on any atom is 0.191 e. The van der Waals surface area contributed by atoms with Gasteiger partial charge in [-0.2, -0.15) is 0 Å². The number of hydrogen-bond acceptors (Lipinski definition) is 4. The maximum atomic E-state index is 12.2. The van der Waals surface area contributed by atoms with Gasteiger partial charge in [0.1, 0.15) is 6.33 Å². The predicted molar refractivity (Wildman–Crippen MR) is 80.0 cm³/mol. The van der Waals surface area contributed by atoms with E-state index in [1.807, 2.05) is 49.5 Å². The Morgan fingerprint density at radius 2 is 2.00 bits per heavy atom. The van der Waals surface area contributed by atoms with Crippen molar-refractivity contribution in [2.24, 2.45) is 7.05 Å². The van der Waals surface area contributed by atoms with Crippen LogP contribution in [-0.2, 0) is 7.05 Å². The lowest BCUT2D eigenvalue weighted by molar-refractivity contribution is 0.102. The highest BCUT2D eigenvalue weighted by molar-refractivity contribution is 7.99. The molecule has 0 saturated carbocycles. The molecule has 2 aromatic carbocycles. The van der Waals surface area contributed by atoms with Crippen LogP contribution >= 0.6 is 11.8 Å². The number of rotatable bonds is 4. The number of Topliss-reactive ketones (excluding diaryl/α,β-unsaturated/α-hetero) is 1. The minimum atomic E-state index is 0.101. The van der Waals surface area contributed by atoms with Crippen LogP contribution in [0, 0.1) is 0 Å². The lowest BCUT2D eigenvalue weighted by Gasteiger charge is -2.03. The summed E-state index contributed by atoms with van der Waals surface area (Å²) in [4.78, 5) is 12.2. The molecule has 0 amide bonds. The van der Waals surface area contributed by atoms with Crippen molar-refractivity contribution in [2.75, 3.05) is 5.75 Å². The first-order valence-electron chi connectivity index (χ1n) is 6.23. The van der Waals surface area contributed by atoms with Crippen LogP contribution in [0.15, 0.2) is 53.9 Å². The molecule has 0 atom stereocenters. The fourth-order valence-electron chi connectivity index (χ4n) is 1.98. The van der Waals surface area contributed by atoms with Gasteiger partial charge in [0.05, 0.1) is 5.75 Å². The molecule has 0 spiro atoms. The van der Waals surface area contributed by atoms with Crippen LogP contribution in [0.5, 0.6) is 0 Å². The molecular weight excluding hydrogens is 270 g/mol. The minimum absolute atomic E-state index is 0.101. The molecule has 0 radical (unpaired) electrons. The number of ketones is 1. The second-order valence-corrected chi connectivity index (χ2v) is 5.44. The molecule has 0 aliphatic carbocycles. The summed E-state index contributed by atoms with van der Waals surface area (Å²) in [6.45, 7) is 0. The number of nitrogens with zero attached hydrogens (tertiary/aromatic N) is 3. The van der Waals surface area contributed by atoms with Crippen molar-refractivity contribution in [3.05, 3.63) is 54.4 Å². The average Bonchev–Trinajstić information content (AvgIpc) is 2.89. The van der Waals surface area contributed by atoms with Gasteiger partial charge in [-0.15, -0.1) is 10.2 Å². The average molecular weight is 283 g/mol. The van der Waals surface area contributed by atoms with Crippen LogP contribution in [0.1, 0.15) is 10.4 Å². The lowest BCUT2D eigenvalue weighted by atomic mass is 10.1. The first-order chi connectivity index (χ1) is 9.74. The van der Waals surface area contributed by atoms with Gasteiger partial charge in [-0.3, -0.25) is 4.79 Å². The van der Waals surface area contributed by atoms with Gasteiger partial charge < -0.3 is 4.57 Å². The molecule has 3 aromatic rings. The third-order valence-corrected chi connectivity index (χ3v) is 4.11. The second kappa shape index (κ2) is 5.46. The lowest BCUT2D eigenvalue weighted by Crippen LogP contribution is -2.03. The molecule has 0 unspecified atom stereocenters. The standard InChI is InChI=1S/C15H13N3OS/c1-18-10-16-17-15(18)20-9-14(19)13-7-6-11-4-2-3-5-12(11)8-13/h2-8,10H,9H2,1H3. The number of fused-ring (bicyclic) bond motifs is 1. The van der Waals surface area contributed by atoms with E-state index in [0.717, 1.165) is 21.5 Å². The van der Waals surface area contributed by atoms with E-state index in [9.17, 15) is 4.79 Å². The van der Waals surface area contributed by atoms with E-state index in [4.69, 9.17) is 0 Å². The van der Waals surface area contributed by atoms with E-state index >= 15 is 0 Å². The summed E-state index contributed by atoms with van der Waals surface area (Å²) in [6, 6.07) is 13.8. The number of benzene rings is 2. The maximum absolute atomic E-state index is 12.2. The van der Waals surface area contributed by atoms with Crippen LogP contribution in [0.2, 0.25) is 0 Å². The Morgan fingerprint density at radius 3 is 2.75 bits per heavy atom. The zero-order chi connectivity index (χ0) is 13.9. The summed E-state index contributed by atoms with van der Waals surface area (Å²) in [5, 5.41) is 10.7. The molecule has 0 fully saturated rings. The zero-order valence-corrected chi connectivity index (χ0v) is 11.8. The summed E-state index contributed by atoms with van der Waals surface area (Å²) in [5.74, 6) is 0.467. The second-order valence-electron chi connectivity index (χ2n) is 4.50. The number of carbonyl (C=O) groups excluding carboxylic acids is 1. The topological polar surface area (TPSA) is 47.8 Å². The van der Waals surface area contributed by atoms with E-state index in [2.05, 4.69) is 10.2 Å². The SMILES string of the molecule is Cn1cnnc1SCC(=O)c1ccc2ccccc2c1. The minimum Gasteiger partial charge on any atom is -0.312 e. The van der Waals surface area contributed by atoms with Gasteiger partial charge in [-0.05, 0) is 16.8 Å². The summed E-state index contributed by atoms with van der Waals surface area (Å²) < 4.78 is 1.80. The van der Waals surface area contributed by atoms with Crippen LogP contribution in [0.3, 0.4) is 0 Å². The Kier molecular flexibility index (Phi) is 3.52. The van der Waals surface area contributed by atoms with Gasteiger partial charge in [0.25, 0.3) is 0 Å². The molecule has 0 aliphatic heterocycles. The van der Waals surface area contributed by atoms with E-state index in [-0.39, 0.29) is 5.78 Å². The first-order valence-corrected chi connectivity index (χ1v) is 7.21. The molecule has 0 N–H and O–H groups in total. The molecule has 1 aromatic heterocycles. The highest BCUT2D eigenvalue weighted by Gasteiger charge is 2.09. The molecular formula is C15H13N3OS. The number of carbonyl (C=O) groups is 1. The molecule has 5 heteroatoms. The Hall–Kier alpha value is -2.14. The van der Waals surface area contributed by atoms with Gasteiger partial charge in [0, 0.05) is 12.6 Å². The fraction of sp³-hybridized carbons (Fsp3) is 0.133. The molecule has 0 saturated heterocycles. The molecule has 4 nitrogen and oxygen atoms in total. The van der Waals surface area contributed by atoms with E-state index in [0.29, 0.717) is 5.75 Å². The fourth-order valence-corrected chi connectivity index (χ4v) is 2.76. The number of aromatic nitrogens is 3. The first kappa shape index (κ1) is 12.9. The van der Waals surface area contributed by atoms with Crippen LogP contribution in [0.25, 0.3) is 10.8 Å². The van der Waals surface area contributed by atoms with Crippen molar-refractivity contribution in [1.82, 2.24) is 14.8 Å². The van der Waals surface area contributed by atoms with Crippen molar-refractivity contribution in [3.8, 4) is 0 Å². The molecule has 3 rings (SSSR count). The van der Waals surface area contributed by atoms with Crippen molar-refractivity contribution in [1.29, 1.82) is 0 Å². The summed E-state index contributed by atoms with van der Waals surface area (Å²) in [6.07, 6.45) is 1.63. The zero-order valence-electron chi connectivity index (χ0n) is 11.0.